The summed E-state index contributed by atoms with van der Waals surface area (Å²) in [5.74, 6) is 0.708. The molecule has 6 heteroatoms. The minimum atomic E-state index is -0.278. The number of carbonyl (C=O) groups is 1. The van der Waals surface area contributed by atoms with Gasteiger partial charge in [0.2, 0.25) is 0 Å². The lowest BCUT2D eigenvalue weighted by molar-refractivity contribution is 0.101. The molecular weight excluding hydrogens is 294 g/mol. The zero-order valence-electron chi connectivity index (χ0n) is 13.2. The van der Waals surface area contributed by atoms with Crippen LogP contribution < -0.4 is 10.2 Å². The van der Waals surface area contributed by atoms with Crippen LogP contribution in [0.1, 0.15) is 29.1 Å². The number of aliphatic hydroxyl groups excluding tert-OH is 1. The highest BCUT2D eigenvalue weighted by Crippen LogP contribution is 2.30. The molecule has 0 aliphatic carbocycles. The van der Waals surface area contributed by atoms with Crippen LogP contribution in [0.25, 0.3) is 0 Å². The maximum absolute atomic E-state index is 12.3. The Morgan fingerprint density at radius 1 is 1.39 bits per heavy atom. The van der Waals surface area contributed by atoms with Gasteiger partial charge in [0.05, 0.1) is 11.4 Å². The maximum atomic E-state index is 12.3. The van der Waals surface area contributed by atoms with Crippen molar-refractivity contribution in [3.05, 3.63) is 41.8 Å². The van der Waals surface area contributed by atoms with Gasteiger partial charge in [-0.2, -0.15) is 0 Å². The van der Waals surface area contributed by atoms with Crippen LogP contribution >= 0.6 is 0 Å². The van der Waals surface area contributed by atoms with Crippen LogP contribution in [-0.4, -0.2) is 35.9 Å². The number of rotatable bonds is 4. The summed E-state index contributed by atoms with van der Waals surface area (Å²) in [6.45, 7) is 3.75. The predicted octanol–water partition coefficient (Wildman–Crippen LogP) is 2.44. The van der Waals surface area contributed by atoms with Crippen LogP contribution in [0.15, 0.2) is 34.9 Å². The first-order valence-electron chi connectivity index (χ1n) is 7.87. The molecule has 0 spiro atoms. The summed E-state index contributed by atoms with van der Waals surface area (Å²) in [5, 5.41) is 15.9. The third-order valence-corrected chi connectivity index (χ3v) is 4.23. The molecular formula is C17H21N3O3. The monoisotopic (exact) mass is 315 g/mol. The molecule has 23 heavy (non-hydrogen) atoms. The van der Waals surface area contributed by atoms with Gasteiger partial charge < -0.3 is 19.8 Å². The van der Waals surface area contributed by atoms with Gasteiger partial charge in [-0.15, -0.1) is 0 Å². The van der Waals surface area contributed by atoms with Crippen molar-refractivity contribution in [3.8, 4) is 0 Å². The van der Waals surface area contributed by atoms with E-state index in [2.05, 4.69) is 15.4 Å². The predicted molar refractivity (Wildman–Crippen MR) is 87.7 cm³/mol. The number of hydrogen-bond acceptors (Lipinski definition) is 5. The Labute approximate surface area is 135 Å². The summed E-state index contributed by atoms with van der Waals surface area (Å²) >= 11 is 0. The van der Waals surface area contributed by atoms with Gasteiger partial charge in [0.25, 0.3) is 5.91 Å². The van der Waals surface area contributed by atoms with Crippen LogP contribution in [0.5, 0.6) is 0 Å². The van der Waals surface area contributed by atoms with Crippen LogP contribution in [0.2, 0.25) is 0 Å². The van der Waals surface area contributed by atoms with Gasteiger partial charge in [0, 0.05) is 25.8 Å². The average molecular weight is 315 g/mol. The zero-order valence-corrected chi connectivity index (χ0v) is 13.2. The molecule has 2 aromatic rings. The largest absolute Gasteiger partial charge is 0.396 e. The molecule has 0 atom stereocenters. The minimum Gasteiger partial charge on any atom is -0.396 e. The van der Waals surface area contributed by atoms with Crippen molar-refractivity contribution < 1.29 is 14.4 Å². The summed E-state index contributed by atoms with van der Waals surface area (Å²) < 4.78 is 4.95. The van der Waals surface area contributed by atoms with Crippen molar-refractivity contribution in [1.29, 1.82) is 0 Å². The zero-order chi connectivity index (χ0) is 16.2. The molecule has 122 valence electrons. The molecule has 1 aliphatic rings. The van der Waals surface area contributed by atoms with Crippen LogP contribution in [0.3, 0.4) is 0 Å². The van der Waals surface area contributed by atoms with E-state index in [1.165, 1.54) is 0 Å². The highest BCUT2D eigenvalue weighted by molar-refractivity contribution is 6.04. The summed E-state index contributed by atoms with van der Waals surface area (Å²) in [6.07, 6.45) is 1.92. The van der Waals surface area contributed by atoms with E-state index in [1.54, 1.807) is 13.0 Å². The van der Waals surface area contributed by atoms with Crippen molar-refractivity contribution in [2.75, 3.05) is 29.9 Å². The van der Waals surface area contributed by atoms with Gasteiger partial charge in [-0.1, -0.05) is 17.3 Å². The fraction of sp³-hybridized carbons (Fsp3) is 0.412. The Bertz CT molecular complexity index is 675. The molecule has 2 heterocycles. The van der Waals surface area contributed by atoms with E-state index in [-0.39, 0.29) is 18.2 Å². The lowest BCUT2D eigenvalue weighted by Crippen LogP contribution is -2.35. The minimum absolute atomic E-state index is 0.248. The van der Waals surface area contributed by atoms with Gasteiger partial charge >= 0.3 is 0 Å². The van der Waals surface area contributed by atoms with Crippen molar-refractivity contribution in [2.24, 2.45) is 5.92 Å². The number of para-hydroxylation sites is 2. The van der Waals surface area contributed by atoms with E-state index in [0.717, 1.165) is 37.3 Å². The van der Waals surface area contributed by atoms with Crippen molar-refractivity contribution >= 4 is 17.3 Å². The molecule has 0 radical (unpaired) electrons. The second-order valence-electron chi connectivity index (χ2n) is 5.91. The summed E-state index contributed by atoms with van der Waals surface area (Å²) in [4.78, 5) is 14.5. The van der Waals surface area contributed by atoms with E-state index in [1.807, 2.05) is 24.3 Å². The number of aryl methyl sites for hydroxylation is 1. The fourth-order valence-electron chi connectivity index (χ4n) is 2.87. The number of carbonyl (C=O) groups excluding carboxylic acids is 1. The number of nitrogens with zero attached hydrogens (tertiary/aromatic N) is 2. The van der Waals surface area contributed by atoms with Crippen molar-refractivity contribution in [2.45, 2.75) is 19.8 Å². The molecule has 1 aromatic carbocycles. The number of amides is 1. The highest BCUT2D eigenvalue weighted by atomic mass is 16.5. The lowest BCUT2D eigenvalue weighted by Gasteiger charge is -2.34. The number of anilines is 2. The van der Waals surface area contributed by atoms with E-state index < -0.39 is 0 Å². The number of nitrogens with one attached hydrogen (secondary N) is 1. The smallest absolute Gasteiger partial charge is 0.277 e. The lowest BCUT2D eigenvalue weighted by atomic mass is 9.97. The molecule has 3 rings (SSSR count). The van der Waals surface area contributed by atoms with Gasteiger partial charge in [-0.25, -0.2) is 0 Å². The average Bonchev–Trinajstić information content (AvgIpc) is 3.02. The molecule has 1 fully saturated rings. The third-order valence-electron chi connectivity index (χ3n) is 4.23. The molecule has 1 aromatic heterocycles. The Balaban J connectivity index is 1.74. The number of aliphatic hydroxyl groups is 1. The number of benzene rings is 1. The van der Waals surface area contributed by atoms with Gasteiger partial charge in [0.1, 0.15) is 5.76 Å². The van der Waals surface area contributed by atoms with E-state index in [4.69, 9.17) is 4.52 Å². The Morgan fingerprint density at radius 3 is 2.78 bits per heavy atom. The fourth-order valence-corrected chi connectivity index (χ4v) is 2.87. The molecule has 2 N–H and O–H groups in total. The number of piperidine rings is 1. The summed E-state index contributed by atoms with van der Waals surface area (Å²) in [6, 6.07) is 9.36. The van der Waals surface area contributed by atoms with Crippen molar-refractivity contribution in [1.82, 2.24) is 5.16 Å². The Kier molecular flexibility index (Phi) is 4.62. The molecule has 0 saturated carbocycles. The normalized spacial score (nSPS) is 15.7. The van der Waals surface area contributed by atoms with Gasteiger partial charge in [-0.3, -0.25) is 4.79 Å². The standard InChI is InChI=1S/C17H21N3O3/c1-12-10-15(19-23-12)17(22)18-14-4-2-3-5-16(14)20-8-6-13(11-21)7-9-20/h2-5,10,13,21H,6-9,11H2,1H3,(H,18,22). The van der Waals surface area contributed by atoms with E-state index in [9.17, 15) is 9.90 Å². The Morgan fingerprint density at radius 2 is 2.13 bits per heavy atom. The molecule has 1 saturated heterocycles. The quantitative estimate of drug-likeness (QED) is 0.906. The topological polar surface area (TPSA) is 78.6 Å². The highest BCUT2D eigenvalue weighted by Gasteiger charge is 2.21. The SMILES string of the molecule is Cc1cc(C(=O)Nc2ccccc2N2CCC(CO)CC2)no1. The number of aromatic nitrogens is 1. The second kappa shape index (κ2) is 6.83. The number of hydrogen-bond donors (Lipinski definition) is 2. The first-order chi connectivity index (χ1) is 11.2. The molecule has 0 bridgehead atoms. The van der Waals surface area contributed by atoms with Gasteiger partial charge in [0.15, 0.2) is 5.69 Å². The molecule has 6 nitrogen and oxygen atoms in total. The molecule has 1 aliphatic heterocycles. The van der Waals surface area contributed by atoms with Gasteiger partial charge in [-0.05, 0) is 37.8 Å². The summed E-state index contributed by atoms with van der Waals surface area (Å²) in [5.41, 5.74) is 2.04. The summed E-state index contributed by atoms with van der Waals surface area (Å²) in [7, 11) is 0. The second-order valence-corrected chi connectivity index (χ2v) is 5.91. The molecule has 1 amide bonds. The maximum Gasteiger partial charge on any atom is 0.277 e. The molecule has 0 unspecified atom stereocenters. The first-order valence-corrected chi connectivity index (χ1v) is 7.87. The van der Waals surface area contributed by atoms with E-state index in [0.29, 0.717) is 11.7 Å². The Hall–Kier alpha value is -2.34. The van der Waals surface area contributed by atoms with E-state index >= 15 is 0 Å². The first kappa shape index (κ1) is 15.6. The third kappa shape index (κ3) is 3.53. The van der Waals surface area contributed by atoms with Crippen molar-refractivity contribution in [3.63, 3.8) is 0 Å². The van der Waals surface area contributed by atoms with Crippen LogP contribution in [0, 0.1) is 12.8 Å². The van der Waals surface area contributed by atoms with Crippen LogP contribution in [-0.2, 0) is 0 Å². The van der Waals surface area contributed by atoms with Crippen LogP contribution in [0.4, 0.5) is 11.4 Å².